The van der Waals surface area contributed by atoms with Crippen LogP contribution in [0, 0.1) is 5.95 Å². The molecule has 0 bridgehead atoms. The molecule has 0 aliphatic rings. The van der Waals surface area contributed by atoms with Crippen molar-refractivity contribution in [2.24, 2.45) is 0 Å². The molecule has 0 saturated heterocycles. The molecular formula is C9H9FN2O. The molecule has 1 N–H and O–H groups in total. The molecule has 0 atom stereocenters. The van der Waals surface area contributed by atoms with Crippen molar-refractivity contribution in [3.8, 4) is 0 Å². The van der Waals surface area contributed by atoms with Gasteiger partial charge in [0, 0.05) is 0 Å². The van der Waals surface area contributed by atoms with E-state index in [2.05, 4.69) is 10.3 Å². The van der Waals surface area contributed by atoms with Crippen LogP contribution in [-0.4, -0.2) is 10.9 Å². The van der Waals surface area contributed by atoms with Gasteiger partial charge >= 0.3 is 0 Å². The Balaban J connectivity index is 2.69. The Kier molecular flexibility index (Phi) is 3.14. The molecule has 1 heterocycles. The monoisotopic (exact) mass is 180 g/mol. The van der Waals surface area contributed by atoms with Crippen LogP contribution < -0.4 is 5.32 Å². The van der Waals surface area contributed by atoms with Gasteiger partial charge in [-0.3, -0.25) is 4.79 Å². The fraction of sp³-hybridized carbons (Fsp3) is 0.111. The van der Waals surface area contributed by atoms with Gasteiger partial charge in [-0.2, -0.15) is 4.39 Å². The molecule has 0 saturated carbocycles. The van der Waals surface area contributed by atoms with E-state index in [1.807, 2.05) is 0 Å². The average molecular weight is 180 g/mol. The van der Waals surface area contributed by atoms with Gasteiger partial charge in [0.25, 0.3) is 0 Å². The number of nitrogens with zero attached hydrogens (tertiary/aromatic N) is 1. The summed E-state index contributed by atoms with van der Waals surface area (Å²) in [5.74, 6) is -0.720. The number of allylic oxidation sites excluding steroid dienone is 1. The highest BCUT2D eigenvalue weighted by Gasteiger charge is 1.98. The Hall–Kier alpha value is -1.71. The van der Waals surface area contributed by atoms with Gasteiger partial charge < -0.3 is 5.32 Å². The van der Waals surface area contributed by atoms with Gasteiger partial charge in [0.15, 0.2) is 0 Å². The van der Waals surface area contributed by atoms with Crippen molar-refractivity contribution in [3.05, 3.63) is 36.3 Å². The maximum Gasteiger partial charge on any atom is 0.249 e. The lowest BCUT2D eigenvalue weighted by molar-refractivity contribution is -0.111. The molecular weight excluding hydrogens is 171 g/mol. The summed E-state index contributed by atoms with van der Waals surface area (Å²) in [4.78, 5) is 14.4. The third-order valence-electron chi connectivity index (χ3n) is 1.28. The Morgan fingerprint density at radius 1 is 1.62 bits per heavy atom. The third-order valence-corrected chi connectivity index (χ3v) is 1.28. The lowest BCUT2D eigenvalue weighted by Crippen LogP contribution is -2.09. The molecule has 1 aromatic heterocycles. The van der Waals surface area contributed by atoms with E-state index in [0.29, 0.717) is 0 Å². The summed E-state index contributed by atoms with van der Waals surface area (Å²) in [6, 6.07) is 4.21. The normalized spacial score (nSPS) is 10.3. The van der Waals surface area contributed by atoms with Gasteiger partial charge in [0.2, 0.25) is 11.9 Å². The second-order valence-electron chi connectivity index (χ2n) is 2.33. The van der Waals surface area contributed by atoms with Crippen LogP contribution in [0.5, 0.6) is 0 Å². The number of aromatic nitrogens is 1. The highest BCUT2D eigenvalue weighted by molar-refractivity contribution is 5.98. The Morgan fingerprint density at radius 3 is 3.00 bits per heavy atom. The van der Waals surface area contributed by atoms with E-state index in [-0.39, 0.29) is 11.7 Å². The molecule has 0 aliphatic carbocycles. The van der Waals surface area contributed by atoms with Gasteiger partial charge in [-0.15, -0.1) is 0 Å². The van der Waals surface area contributed by atoms with Crippen molar-refractivity contribution in [1.29, 1.82) is 0 Å². The number of anilines is 1. The lowest BCUT2D eigenvalue weighted by atomic mass is 10.4. The second-order valence-corrected chi connectivity index (χ2v) is 2.33. The van der Waals surface area contributed by atoms with Gasteiger partial charge in [0.1, 0.15) is 5.82 Å². The first kappa shape index (κ1) is 9.38. The number of nitrogens with one attached hydrogen (secondary N) is 1. The van der Waals surface area contributed by atoms with Crippen LogP contribution in [0.3, 0.4) is 0 Å². The summed E-state index contributed by atoms with van der Waals surface area (Å²) < 4.78 is 12.5. The van der Waals surface area contributed by atoms with Gasteiger partial charge in [-0.25, -0.2) is 4.98 Å². The van der Waals surface area contributed by atoms with Crippen LogP contribution in [0.1, 0.15) is 6.92 Å². The maximum absolute atomic E-state index is 12.5. The number of carbonyl (C=O) groups is 1. The zero-order chi connectivity index (χ0) is 9.68. The first-order valence-corrected chi connectivity index (χ1v) is 3.78. The average Bonchev–Trinajstić information content (AvgIpc) is 2.04. The minimum atomic E-state index is -0.613. The van der Waals surface area contributed by atoms with Gasteiger partial charge in [0.05, 0.1) is 0 Å². The number of hydrogen-bond acceptors (Lipinski definition) is 2. The number of hydrogen-bond donors (Lipinski definition) is 1. The largest absolute Gasteiger partial charge is 0.307 e. The molecule has 1 aromatic rings. The SMILES string of the molecule is C/C=C/C(=O)Nc1cccc(F)n1. The second kappa shape index (κ2) is 4.35. The van der Waals surface area contributed by atoms with Crippen molar-refractivity contribution in [2.45, 2.75) is 6.92 Å². The Bertz CT molecular complexity index is 336. The molecule has 0 aliphatic heterocycles. The minimum absolute atomic E-state index is 0.211. The van der Waals surface area contributed by atoms with E-state index >= 15 is 0 Å². The number of halogens is 1. The van der Waals surface area contributed by atoms with Gasteiger partial charge in [-0.1, -0.05) is 12.1 Å². The molecule has 0 fully saturated rings. The fourth-order valence-electron chi connectivity index (χ4n) is 0.797. The lowest BCUT2D eigenvalue weighted by Gasteiger charge is -1.99. The number of rotatable bonds is 2. The van der Waals surface area contributed by atoms with Crippen LogP contribution in [0.15, 0.2) is 30.4 Å². The summed E-state index contributed by atoms with van der Waals surface area (Å²) in [5, 5.41) is 2.41. The summed E-state index contributed by atoms with van der Waals surface area (Å²) in [6.07, 6.45) is 2.93. The van der Waals surface area contributed by atoms with Crippen molar-refractivity contribution in [3.63, 3.8) is 0 Å². The van der Waals surface area contributed by atoms with E-state index in [1.54, 1.807) is 13.0 Å². The van der Waals surface area contributed by atoms with Crippen molar-refractivity contribution < 1.29 is 9.18 Å². The van der Waals surface area contributed by atoms with E-state index < -0.39 is 5.95 Å². The molecule has 1 rings (SSSR count). The minimum Gasteiger partial charge on any atom is -0.307 e. The van der Waals surface area contributed by atoms with E-state index in [9.17, 15) is 9.18 Å². The molecule has 1 amide bonds. The molecule has 0 radical (unpaired) electrons. The van der Waals surface area contributed by atoms with E-state index in [1.165, 1.54) is 24.3 Å². The first-order chi connectivity index (χ1) is 6.22. The van der Waals surface area contributed by atoms with Gasteiger partial charge in [-0.05, 0) is 25.1 Å². The van der Waals surface area contributed by atoms with Crippen LogP contribution in [0.4, 0.5) is 10.2 Å². The van der Waals surface area contributed by atoms with Crippen LogP contribution in [0.25, 0.3) is 0 Å². The molecule has 0 spiro atoms. The van der Waals surface area contributed by atoms with Crippen LogP contribution in [-0.2, 0) is 4.79 Å². The number of amides is 1. The maximum atomic E-state index is 12.5. The predicted molar refractivity (Wildman–Crippen MR) is 47.6 cm³/mol. The van der Waals surface area contributed by atoms with Crippen LogP contribution >= 0.6 is 0 Å². The summed E-state index contributed by atoms with van der Waals surface area (Å²) in [7, 11) is 0. The molecule has 3 nitrogen and oxygen atoms in total. The zero-order valence-corrected chi connectivity index (χ0v) is 7.12. The van der Waals surface area contributed by atoms with Crippen molar-refractivity contribution in [1.82, 2.24) is 4.98 Å². The fourth-order valence-corrected chi connectivity index (χ4v) is 0.797. The number of pyridine rings is 1. The topological polar surface area (TPSA) is 42.0 Å². The first-order valence-electron chi connectivity index (χ1n) is 3.78. The Morgan fingerprint density at radius 2 is 2.38 bits per heavy atom. The van der Waals surface area contributed by atoms with E-state index in [4.69, 9.17) is 0 Å². The van der Waals surface area contributed by atoms with Crippen molar-refractivity contribution >= 4 is 11.7 Å². The third kappa shape index (κ3) is 3.02. The smallest absolute Gasteiger partial charge is 0.249 e. The molecule has 0 aromatic carbocycles. The molecule has 68 valence electrons. The summed E-state index contributed by atoms with van der Waals surface area (Å²) in [5.41, 5.74) is 0. The summed E-state index contributed by atoms with van der Waals surface area (Å²) >= 11 is 0. The highest BCUT2D eigenvalue weighted by Crippen LogP contribution is 2.02. The summed E-state index contributed by atoms with van der Waals surface area (Å²) in [6.45, 7) is 1.72. The number of carbonyl (C=O) groups excluding carboxylic acids is 1. The predicted octanol–water partition coefficient (Wildman–Crippen LogP) is 1.74. The quantitative estimate of drug-likeness (QED) is 0.556. The standard InChI is InChI=1S/C9H9FN2O/c1-2-4-9(13)12-8-6-3-5-7(10)11-8/h2-6H,1H3,(H,11,12,13)/b4-2+. The Labute approximate surface area is 75.3 Å². The molecule has 13 heavy (non-hydrogen) atoms. The van der Waals surface area contributed by atoms with E-state index in [0.717, 1.165) is 0 Å². The molecule has 4 heteroatoms. The highest BCUT2D eigenvalue weighted by atomic mass is 19.1. The van der Waals surface area contributed by atoms with Crippen molar-refractivity contribution in [2.75, 3.05) is 5.32 Å². The van der Waals surface area contributed by atoms with Crippen LogP contribution in [0.2, 0.25) is 0 Å². The molecule has 0 unspecified atom stereocenters. The zero-order valence-electron chi connectivity index (χ0n) is 7.12.